The smallest absolute Gasteiger partial charge is 0.311 e. The summed E-state index contributed by atoms with van der Waals surface area (Å²) in [5.74, 6) is 4.33. The second-order valence-corrected chi connectivity index (χ2v) is 9.68. The maximum absolute atomic E-state index is 12.8. The zero-order valence-corrected chi connectivity index (χ0v) is 20.5. The summed E-state index contributed by atoms with van der Waals surface area (Å²) in [6, 6.07) is 6.02. The minimum atomic E-state index is -2.50. The zero-order chi connectivity index (χ0) is 25.2. The lowest BCUT2D eigenvalue weighted by atomic mass is 10.2. The van der Waals surface area contributed by atoms with Crippen LogP contribution in [0, 0.1) is 0 Å². The Morgan fingerprint density at radius 2 is 2.00 bits per heavy atom. The maximum atomic E-state index is 12.8. The number of rotatable bonds is 11. The number of hydrogen-bond acceptors (Lipinski definition) is 11. The highest BCUT2D eigenvalue weighted by Crippen LogP contribution is 2.26. The van der Waals surface area contributed by atoms with E-state index in [1.807, 2.05) is 0 Å². The number of esters is 1. The lowest BCUT2D eigenvalue weighted by Crippen LogP contribution is -2.41. The van der Waals surface area contributed by atoms with Gasteiger partial charge in [0.15, 0.2) is 0 Å². The van der Waals surface area contributed by atoms with Crippen molar-refractivity contribution in [3.63, 3.8) is 0 Å². The minimum absolute atomic E-state index is 0.00269. The largest absolute Gasteiger partial charge is 0.768 e. The van der Waals surface area contributed by atoms with Crippen LogP contribution in [0.15, 0.2) is 34.7 Å². The van der Waals surface area contributed by atoms with Crippen LogP contribution in [0.4, 0.5) is 5.13 Å². The Morgan fingerprint density at radius 1 is 1.26 bits per heavy atom. The van der Waals surface area contributed by atoms with E-state index < -0.39 is 23.0 Å². The minimum Gasteiger partial charge on any atom is -0.768 e. The van der Waals surface area contributed by atoms with Crippen LogP contribution in [-0.2, 0) is 25.4 Å². The first-order chi connectivity index (χ1) is 16.8. The predicted molar refractivity (Wildman–Crippen MR) is 126 cm³/mol. The number of carbonyl (C=O) groups excluding carboxylic acids is 3. The molecule has 12 nitrogen and oxygen atoms in total. The normalized spacial score (nSPS) is 14.8. The monoisotopic (exact) mass is 524 g/mol. The average Bonchev–Trinajstić information content (AvgIpc) is 3.35. The summed E-state index contributed by atoms with van der Waals surface area (Å²) in [5.41, 5.74) is 0.00389. The summed E-state index contributed by atoms with van der Waals surface area (Å²) >= 11 is -1.78. The summed E-state index contributed by atoms with van der Waals surface area (Å²) in [7, 11) is 0. The summed E-state index contributed by atoms with van der Waals surface area (Å²) < 4.78 is 32.6. The van der Waals surface area contributed by atoms with Gasteiger partial charge >= 0.3 is 5.97 Å². The Balaban J connectivity index is 1.45. The van der Waals surface area contributed by atoms with Gasteiger partial charge in [-0.25, -0.2) is 15.8 Å². The highest BCUT2D eigenvalue weighted by molar-refractivity contribution is 7.81. The van der Waals surface area contributed by atoms with E-state index in [9.17, 15) is 23.1 Å². The quantitative estimate of drug-likeness (QED) is 0.105. The van der Waals surface area contributed by atoms with Crippen LogP contribution in [0.2, 0.25) is 0 Å². The fourth-order valence-corrected chi connectivity index (χ4v) is 4.43. The van der Waals surface area contributed by atoms with E-state index in [1.165, 1.54) is 12.1 Å². The molecule has 0 spiro atoms. The second kappa shape index (κ2) is 13.4. The standard InChI is InChI=1S/C21H27N5O7S2/c22-26(21-24-14-19(34-21)35(30)31)20(29)15-4-1-2-5-16(15)33-18(28)7-3-6-17(27)23-8-9-25-10-12-32-13-11-25/h1-2,4-5,14H,3,6-13,22H2,(H,23,27)(H,30,31)/p-1. The molecule has 190 valence electrons. The Hall–Kier alpha value is -2.75. The molecule has 3 N–H and O–H groups in total. The molecule has 0 bridgehead atoms. The number of ether oxygens (including phenoxy) is 2. The molecule has 0 aliphatic carbocycles. The summed E-state index contributed by atoms with van der Waals surface area (Å²) in [5, 5.41) is 3.49. The molecule has 1 atom stereocenters. The Morgan fingerprint density at radius 3 is 2.71 bits per heavy atom. The number of para-hydroxylation sites is 1. The first-order valence-corrected chi connectivity index (χ1v) is 12.7. The Kier molecular flexibility index (Phi) is 10.3. The number of aromatic nitrogens is 1. The summed E-state index contributed by atoms with van der Waals surface area (Å²) in [4.78, 5) is 43.2. The third-order valence-corrected chi connectivity index (χ3v) is 6.92. The highest BCUT2D eigenvalue weighted by atomic mass is 32.2. The summed E-state index contributed by atoms with van der Waals surface area (Å²) in [6.07, 6.45) is 1.52. The third kappa shape index (κ3) is 8.16. The van der Waals surface area contributed by atoms with Crippen molar-refractivity contribution in [1.82, 2.24) is 15.2 Å². The molecule has 35 heavy (non-hydrogen) atoms. The molecule has 1 fully saturated rings. The number of hydrazine groups is 1. The summed E-state index contributed by atoms with van der Waals surface area (Å²) in [6.45, 7) is 4.36. The lowest BCUT2D eigenvalue weighted by Gasteiger charge is -2.26. The number of hydrogen-bond donors (Lipinski definition) is 2. The van der Waals surface area contributed by atoms with Gasteiger partial charge in [-0.05, 0) is 29.6 Å². The molecule has 1 aromatic heterocycles. The molecule has 1 saturated heterocycles. The van der Waals surface area contributed by atoms with Gasteiger partial charge in [-0.15, -0.1) is 0 Å². The van der Waals surface area contributed by atoms with Gasteiger partial charge in [0.2, 0.25) is 11.0 Å². The van der Waals surface area contributed by atoms with Gasteiger partial charge < -0.3 is 19.3 Å². The van der Waals surface area contributed by atoms with Crippen molar-refractivity contribution in [2.75, 3.05) is 44.4 Å². The number of nitrogens with zero attached hydrogens (tertiary/aromatic N) is 3. The molecule has 1 aliphatic heterocycles. The molecule has 3 rings (SSSR count). The van der Waals surface area contributed by atoms with Crippen molar-refractivity contribution in [2.24, 2.45) is 5.84 Å². The molecule has 2 aromatic rings. The number of amides is 2. The van der Waals surface area contributed by atoms with Crippen LogP contribution in [0.3, 0.4) is 0 Å². The lowest BCUT2D eigenvalue weighted by molar-refractivity contribution is -0.134. The van der Waals surface area contributed by atoms with Crippen LogP contribution < -0.4 is 20.9 Å². The number of carbonyl (C=O) groups is 3. The molecular formula is C21H26N5O7S2-. The molecular weight excluding hydrogens is 498 g/mol. The zero-order valence-electron chi connectivity index (χ0n) is 18.8. The maximum Gasteiger partial charge on any atom is 0.311 e. The van der Waals surface area contributed by atoms with Crippen molar-refractivity contribution in [3.8, 4) is 5.75 Å². The van der Waals surface area contributed by atoms with Crippen molar-refractivity contribution in [2.45, 2.75) is 23.5 Å². The van der Waals surface area contributed by atoms with E-state index in [0.717, 1.165) is 37.2 Å². The number of nitrogens with one attached hydrogen (secondary N) is 1. The van der Waals surface area contributed by atoms with Crippen molar-refractivity contribution in [3.05, 3.63) is 36.0 Å². The molecule has 14 heteroatoms. The SMILES string of the molecule is NN(C(=O)c1ccccc1OC(=O)CCCC(=O)NCCN1CCOCC1)c1ncc(S(=O)[O-])s1. The number of benzene rings is 1. The van der Waals surface area contributed by atoms with Gasteiger partial charge in [0.25, 0.3) is 5.91 Å². The molecule has 0 saturated carbocycles. The first-order valence-electron chi connectivity index (χ1n) is 10.9. The fourth-order valence-electron chi connectivity index (χ4n) is 3.22. The predicted octanol–water partition coefficient (Wildman–Crippen LogP) is 0.426. The first kappa shape index (κ1) is 26.8. The molecule has 2 amide bonds. The van der Waals surface area contributed by atoms with E-state index >= 15 is 0 Å². The van der Waals surface area contributed by atoms with Crippen LogP contribution in [0.5, 0.6) is 5.75 Å². The van der Waals surface area contributed by atoms with Gasteiger partial charge in [-0.1, -0.05) is 23.5 Å². The number of anilines is 1. The number of morpholine rings is 1. The molecule has 1 aromatic carbocycles. The Bertz CT molecular complexity index is 1060. The highest BCUT2D eigenvalue weighted by Gasteiger charge is 2.22. The van der Waals surface area contributed by atoms with Gasteiger partial charge in [-0.3, -0.25) is 23.5 Å². The fraction of sp³-hybridized carbons (Fsp3) is 0.429. The van der Waals surface area contributed by atoms with E-state index in [-0.39, 0.29) is 45.8 Å². The van der Waals surface area contributed by atoms with Gasteiger partial charge in [0, 0.05) is 39.0 Å². The van der Waals surface area contributed by atoms with E-state index in [1.54, 1.807) is 12.1 Å². The van der Waals surface area contributed by atoms with Crippen molar-refractivity contribution in [1.29, 1.82) is 0 Å². The van der Waals surface area contributed by atoms with Gasteiger partial charge in [-0.2, -0.15) is 0 Å². The van der Waals surface area contributed by atoms with Gasteiger partial charge in [0.1, 0.15) is 5.75 Å². The van der Waals surface area contributed by atoms with Crippen LogP contribution in [0.1, 0.15) is 29.6 Å². The van der Waals surface area contributed by atoms with Gasteiger partial charge in [0.05, 0.1) is 29.2 Å². The molecule has 1 aliphatic rings. The Labute approximate surface area is 208 Å². The van der Waals surface area contributed by atoms with Crippen molar-refractivity contribution < 1.29 is 32.6 Å². The molecule has 1 unspecified atom stereocenters. The molecule has 2 heterocycles. The second-order valence-electron chi connectivity index (χ2n) is 7.50. The van der Waals surface area contributed by atoms with Crippen LogP contribution in [-0.4, -0.2) is 75.8 Å². The van der Waals surface area contributed by atoms with E-state index in [2.05, 4.69) is 15.2 Å². The van der Waals surface area contributed by atoms with E-state index in [0.29, 0.717) is 24.8 Å². The molecule has 0 radical (unpaired) electrons. The van der Waals surface area contributed by atoms with E-state index in [4.69, 9.17) is 15.3 Å². The van der Waals surface area contributed by atoms with Crippen molar-refractivity contribution >= 4 is 45.3 Å². The van der Waals surface area contributed by atoms with Crippen LogP contribution in [0.25, 0.3) is 0 Å². The topological polar surface area (TPSA) is 167 Å². The van der Waals surface area contributed by atoms with Crippen LogP contribution >= 0.6 is 11.3 Å². The third-order valence-electron chi connectivity index (χ3n) is 5.04. The number of nitrogens with two attached hydrogens (primary N) is 1. The number of thiazole rings is 1. The average molecular weight is 525 g/mol.